The molecule has 0 radical (unpaired) electrons. The molecule has 1 N–H and O–H groups in total. The monoisotopic (exact) mass is 480 g/mol. The molecule has 0 heterocycles. The van der Waals surface area contributed by atoms with Crippen LogP contribution < -0.4 is 0 Å². The maximum atomic E-state index is 12.1. The fourth-order valence-electron chi connectivity index (χ4n) is 4.74. The summed E-state index contributed by atoms with van der Waals surface area (Å²) in [4.78, 5) is 23.9. The maximum absolute atomic E-state index is 12.1. The predicted molar refractivity (Wildman–Crippen MR) is 147 cm³/mol. The van der Waals surface area contributed by atoms with Gasteiger partial charge in [0, 0.05) is 25.7 Å². The van der Waals surface area contributed by atoms with Crippen LogP contribution in [0.15, 0.2) is 0 Å². The molecule has 0 aliphatic heterocycles. The van der Waals surface area contributed by atoms with E-state index in [1.807, 2.05) is 0 Å². The topological polar surface area (TPSA) is 54.4 Å². The lowest BCUT2D eigenvalue weighted by Gasteiger charge is -2.10. The van der Waals surface area contributed by atoms with Crippen molar-refractivity contribution in [2.24, 2.45) is 0 Å². The molecule has 0 aliphatic carbocycles. The van der Waals surface area contributed by atoms with Crippen molar-refractivity contribution in [1.29, 1.82) is 0 Å². The first-order valence-electron chi connectivity index (χ1n) is 15.3. The van der Waals surface area contributed by atoms with Gasteiger partial charge in [0.05, 0.1) is 6.10 Å². The Hall–Kier alpha value is -0.700. The third kappa shape index (κ3) is 25.9. The second-order valence-corrected chi connectivity index (χ2v) is 10.7. The van der Waals surface area contributed by atoms with E-state index >= 15 is 0 Å². The van der Waals surface area contributed by atoms with Gasteiger partial charge in [-0.15, -0.1) is 0 Å². The van der Waals surface area contributed by atoms with Crippen LogP contribution in [0.3, 0.4) is 0 Å². The van der Waals surface area contributed by atoms with Gasteiger partial charge >= 0.3 is 0 Å². The molecule has 0 bridgehead atoms. The van der Waals surface area contributed by atoms with Crippen LogP contribution in [0.2, 0.25) is 0 Å². The Morgan fingerprint density at radius 3 is 1.24 bits per heavy atom. The Bertz CT molecular complexity index is 446. The summed E-state index contributed by atoms with van der Waals surface area (Å²) in [5.41, 5.74) is 0. The number of aliphatic hydroxyl groups is 1. The summed E-state index contributed by atoms with van der Waals surface area (Å²) in [6.45, 7) is 4.46. The van der Waals surface area contributed by atoms with E-state index in [4.69, 9.17) is 0 Å². The number of hydrogen-bond acceptors (Lipinski definition) is 3. The zero-order valence-electron chi connectivity index (χ0n) is 23.2. The molecule has 34 heavy (non-hydrogen) atoms. The van der Waals surface area contributed by atoms with Gasteiger partial charge in [0.1, 0.15) is 11.6 Å². The maximum Gasteiger partial charge on any atom is 0.135 e. The molecule has 0 saturated heterocycles. The van der Waals surface area contributed by atoms with E-state index in [9.17, 15) is 14.7 Å². The highest BCUT2D eigenvalue weighted by Crippen LogP contribution is 2.15. The fraction of sp³-hybridized carbons (Fsp3) is 0.935. The minimum Gasteiger partial charge on any atom is -0.393 e. The Morgan fingerprint density at radius 1 is 0.471 bits per heavy atom. The molecule has 3 nitrogen and oxygen atoms in total. The van der Waals surface area contributed by atoms with Crippen molar-refractivity contribution in [2.75, 3.05) is 0 Å². The van der Waals surface area contributed by atoms with Crippen LogP contribution >= 0.6 is 0 Å². The van der Waals surface area contributed by atoms with Crippen molar-refractivity contribution in [3.05, 3.63) is 0 Å². The highest BCUT2D eigenvalue weighted by molar-refractivity contribution is 5.78. The van der Waals surface area contributed by atoms with E-state index in [2.05, 4.69) is 13.8 Å². The van der Waals surface area contributed by atoms with Crippen molar-refractivity contribution in [3.8, 4) is 0 Å². The molecule has 1 atom stereocenters. The first-order chi connectivity index (χ1) is 16.6. The molecular formula is C31H60O3. The third-order valence-corrected chi connectivity index (χ3v) is 7.07. The summed E-state index contributed by atoms with van der Waals surface area (Å²) in [7, 11) is 0. The smallest absolute Gasteiger partial charge is 0.135 e. The normalized spacial score (nSPS) is 12.2. The molecule has 0 unspecified atom stereocenters. The van der Waals surface area contributed by atoms with E-state index in [1.165, 1.54) is 89.9 Å². The number of carbonyl (C=O) groups is 2. The zero-order chi connectivity index (χ0) is 25.1. The van der Waals surface area contributed by atoms with Crippen LogP contribution in [0.25, 0.3) is 0 Å². The van der Waals surface area contributed by atoms with Gasteiger partial charge in [0.25, 0.3) is 0 Å². The standard InChI is InChI=1S/C31H60O3/c1-3-5-7-9-10-11-12-13-14-18-22-26-30(33)28-31(34)27-23-19-16-15-17-21-25-29(32)24-20-8-6-4-2/h30,33H,3-28H2,1-2H3/t30-/m0/s1. The molecule has 0 rings (SSSR count). The first-order valence-corrected chi connectivity index (χ1v) is 15.3. The van der Waals surface area contributed by atoms with Gasteiger partial charge in [-0.25, -0.2) is 0 Å². The Balaban J connectivity index is 3.37. The molecule has 0 saturated carbocycles. The SMILES string of the molecule is CCCCCCCCCCCCC[C@H](O)CC(=O)CCCCCCCCC(=O)CCCCCC. The Labute approximate surface area is 213 Å². The summed E-state index contributed by atoms with van der Waals surface area (Å²) >= 11 is 0. The summed E-state index contributed by atoms with van der Waals surface area (Å²) in [6, 6.07) is 0. The van der Waals surface area contributed by atoms with E-state index in [0.29, 0.717) is 18.6 Å². The Kier molecular flexibility index (Phi) is 26.3. The average molecular weight is 481 g/mol. The number of Topliss-reactive ketones (excluding diaryl/α,β-unsaturated/α-hetero) is 2. The van der Waals surface area contributed by atoms with Crippen molar-refractivity contribution >= 4 is 11.6 Å². The average Bonchev–Trinajstić information content (AvgIpc) is 2.82. The predicted octanol–water partition coefficient (Wildman–Crippen LogP) is 9.67. The van der Waals surface area contributed by atoms with Crippen LogP contribution in [0.5, 0.6) is 0 Å². The lowest BCUT2D eigenvalue weighted by molar-refractivity contribution is -0.121. The van der Waals surface area contributed by atoms with E-state index in [-0.39, 0.29) is 5.78 Å². The van der Waals surface area contributed by atoms with Gasteiger partial charge in [-0.1, -0.05) is 129 Å². The number of unbranched alkanes of at least 4 members (excludes halogenated alkanes) is 18. The number of aliphatic hydroxyl groups excluding tert-OH is 1. The van der Waals surface area contributed by atoms with E-state index in [1.54, 1.807) is 0 Å². The summed E-state index contributed by atoms with van der Waals surface area (Å²) in [5.74, 6) is 0.665. The van der Waals surface area contributed by atoms with E-state index in [0.717, 1.165) is 64.2 Å². The number of rotatable bonds is 28. The molecule has 0 fully saturated rings. The van der Waals surface area contributed by atoms with Gasteiger partial charge in [-0.2, -0.15) is 0 Å². The molecule has 0 aliphatic rings. The van der Waals surface area contributed by atoms with Crippen LogP contribution in [-0.4, -0.2) is 22.8 Å². The first kappa shape index (κ1) is 33.3. The van der Waals surface area contributed by atoms with Gasteiger partial charge in [-0.3, -0.25) is 9.59 Å². The molecule has 0 amide bonds. The molecule has 0 aromatic heterocycles. The Morgan fingerprint density at radius 2 is 0.794 bits per heavy atom. The second kappa shape index (κ2) is 26.9. The van der Waals surface area contributed by atoms with Crippen LogP contribution in [-0.2, 0) is 9.59 Å². The van der Waals surface area contributed by atoms with Crippen LogP contribution in [0.1, 0.15) is 181 Å². The summed E-state index contributed by atoms with van der Waals surface area (Å²) in [6.07, 6.45) is 28.5. The fourth-order valence-corrected chi connectivity index (χ4v) is 4.74. The number of hydrogen-bond donors (Lipinski definition) is 1. The molecule has 0 spiro atoms. The molecular weight excluding hydrogens is 420 g/mol. The van der Waals surface area contributed by atoms with Gasteiger partial charge in [-0.05, 0) is 25.7 Å². The van der Waals surface area contributed by atoms with Crippen molar-refractivity contribution < 1.29 is 14.7 Å². The highest BCUT2D eigenvalue weighted by atomic mass is 16.3. The molecule has 0 aromatic carbocycles. The van der Waals surface area contributed by atoms with Gasteiger partial charge in [0.2, 0.25) is 0 Å². The molecule has 0 aromatic rings. The van der Waals surface area contributed by atoms with Crippen molar-refractivity contribution in [3.63, 3.8) is 0 Å². The lowest BCUT2D eigenvalue weighted by atomic mass is 10.00. The minimum absolute atomic E-state index is 0.226. The summed E-state index contributed by atoms with van der Waals surface area (Å²) in [5, 5.41) is 10.1. The van der Waals surface area contributed by atoms with Crippen molar-refractivity contribution in [1.82, 2.24) is 0 Å². The third-order valence-electron chi connectivity index (χ3n) is 7.07. The van der Waals surface area contributed by atoms with Crippen LogP contribution in [0, 0.1) is 0 Å². The van der Waals surface area contributed by atoms with Gasteiger partial charge < -0.3 is 5.11 Å². The van der Waals surface area contributed by atoms with Gasteiger partial charge in [0.15, 0.2) is 0 Å². The largest absolute Gasteiger partial charge is 0.393 e. The lowest BCUT2D eigenvalue weighted by Crippen LogP contribution is -2.13. The second-order valence-electron chi connectivity index (χ2n) is 10.7. The molecule has 3 heteroatoms. The van der Waals surface area contributed by atoms with E-state index < -0.39 is 6.10 Å². The highest BCUT2D eigenvalue weighted by Gasteiger charge is 2.10. The summed E-state index contributed by atoms with van der Waals surface area (Å²) < 4.78 is 0. The molecule has 202 valence electrons. The zero-order valence-corrected chi connectivity index (χ0v) is 23.2. The number of ketones is 2. The number of carbonyl (C=O) groups excluding carboxylic acids is 2. The van der Waals surface area contributed by atoms with Crippen molar-refractivity contribution in [2.45, 2.75) is 187 Å². The van der Waals surface area contributed by atoms with Crippen LogP contribution in [0.4, 0.5) is 0 Å². The quantitative estimate of drug-likeness (QED) is 0.113. The minimum atomic E-state index is -0.439.